The Morgan fingerprint density at radius 2 is 1.57 bits per heavy atom. The van der Waals surface area contributed by atoms with Gasteiger partial charge in [0.15, 0.2) is 11.6 Å². The number of nitrogens with zero attached hydrogens (tertiary/aromatic N) is 5. The molecule has 0 bridgehead atoms. The summed E-state index contributed by atoms with van der Waals surface area (Å²) in [6.45, 7) is 4.05. The second-order valence-corrected chi connectivity index (χ2v) is 8.68. The fourth-order valence-corrected chi connectivity index (χ4v) is 4.09. The summed E-state index contributed by atoms with van der Waals surface area (Å²) < 4.78 is 1.93. The molecule has 3 heterocycles. The first-order valence-electron chi connectivity index (χ1n) is 11.2. The lowest BCUT2D eigenvalue weighted by molar-refractivity contribution is 0.104. The zero-order valence-corrected chi connectivity index (χ0v) is 20.0. The van der Waals surface area contributed by atoms with E-state index >= 15 is 0 Å². The molecule has 5 rings (SSSR count). The Hall–Kier alpha value is -4.16. The minimum Gasteiger partial charge on any atom is -0.329 e. The summed E-state index contributed by atoms with van der Waals surface area (Å²) in [6, 6.07) is 23.4. The average Bonchev–Trinajstić information content (AvgIpc) is 3.27. The Morgan fingerprint density at radius 3 is 2.20 bits per heavy atom. The summed E-state index contributed by atoms with van der Waals surface area (Å²) >= 11 is 6.03. The molecule has 0 unspecified atom stereocenters. The first kappa shape index (κ1) is 22.6. The second kappa shape index (κ2) is 9.60. The van der Waals surface area contributed by atoms with Crippen LogP contribution in [0.4, 0.5) is 5.82 Å². The van der Waals surface area contributed by atoms with Gasteiger partial charge >= 0.3 is 0 Å². The number of fused-ring (bicyclic) bond motifs is 1. The fraction of sp³-hybridized carbons (Fsp3) is 0.107. The van der Waals surface area contributed by atoms with E-state index in [9.17, 15) is 4.79 Å². The van der Waals surface area contributed by atoms with Gasteiger partial charge in [-0.3, -0.25) is 4.79 Å². The highest BCUT2D eigenvalue weighted by atomic mass is 35.5. The van der Waals surface area contributed by atoms with Crippen LogP contribution < -0.4 is 0 Å². The van der Waals surface area contributed by atoms with E-state index in [1.807, 2.05) is 85.3 Å². The Bertz CT molecular complexity index is 1500. The van der Waals surface area contributed by atoms with Crippen LogP contribution in [0.3, 0.4) is 0 Å². The number of aliphatic imine (C=N–C) groups is 1. The lowest BCUT2D eigenvalue weighted by Gasteiger charge is -2.08. The van der Waals surface area contributed by atoms with E-state index in [0.29, 0.717) is 28.0 Å². The number of rotatable bonds is 6. The summed E-state index contributed by atoms with van der Waals surface area (Å²) in [7, 11) is 0. The van der Waals surface area contributed by atoms with Crippen LogP contribution in [0.1, 0.15) is 46.9 Å². The van der Waals surface area contributed by atoms with Crippen LogP contribution in [-0.2, 0) is 0 Å². The van der Waals surface area contributed by atoms with E-state index in [4.69, 9.17) is 16.6 Å². The SMILES string of the molecule is CC(C)n1cc(C(=O)c2ccnc(N=C(c3ccccc3)c3ccccc3)c2)c2cnc(Cl)nc21. The molecule has 0 fully saturated rings. The van der Waals surface area contributed by atoms with Gasteiger partial charge in [0.1, 0.15) is 5.65 Å². The second-order valence-electron chi connectivity index (χ2n) is 8.34. The van der Waals surface area contributed by atoms with Gasteiger partial charge in [0.25, 0.3) is 0 Å². The minimum absolute atomic E-state index is 0.0990. The average molecular weight is 480 g/mol. The lowest BCUT2D eigenvalue weighted by Crippen LogP contribution is -2.04. The zero-order valence-electron chi connectivity index (χ0n) is 19.3. The molecule has 5 aromatic rings. The maximum absolute atomic E-state index is 13.6. The quantitative estimate of drug-likeness (QED) is 0.159. The third-order valence-corrected chi connectivity index (χ3v) is 5.85. The van der Waals surface area contributed by atoms with Gasteiger partial charge in [0.05, 0.1) is 11.3 Å². The fourth-order valence-electron chi connectivity index (χ4n) is 3.96. The number of hydrogen-bond acceptors (Lipinski definition) is 5. The topological polar surface area (TPSA) is 73.0 Å². The molecule has 0 aliphatic carbocycles. The van der Waals surface area contributed by atoms with Gasteiger partial charge in [-0.05, 0) is 37.6 Å². The molecule has 0 saturated carbocycles. The van der Waals surface area contributed by atoms with Crippen LogP contribution in [0, 0.1) is 0 Å². The monoisotopic (exact) mass is 479 g/mol. The van der Waals surface area contributed by atoms with Crippen LogP contribution >= 0.6 is 11.6 Å². The molecule has 0 spiro atoms. The van der Waals surface area contributed by atoms with Gasteiger partial charge in [0, 0.05) is 46.7 Å². The maximum atomic E-state index is 13.6. The zero-order chi connectivity index (χ0) is 24.4. The van der Waals surface area contributed by atoms with Gasteiger partial charge in [-0.25, -0.2) is 15.0 Å². The van der Waals surface area contributed by atoms with Crippen molar-refractivity contribution in [3.8, 4) is 0 Å². The van der Waals surface area contributed by atoms with Crippen molar-refractivity contribution < 1.29 is 4.79 Å². The molecule has 0 atom stereocenters. The highest BCUT2D eigenvalue weighted by Gasteiger charge is 2.20. The molecule has 0 radical (unpaired) electrons. The third kappa shape index (κ3) is 4.61. The Labute approximate surface area is 208 Å². The predicted octanol–water partition coefficient (Wildman–Crippen LogP) is 6.46. The number of benzene rings is 2. The van der Waals surface area contributed by atoms with Crippen LogP contribution in [-0.4, -0.2) is 31.0 Å². The van der Waals surface area contributed by atoms with Crippen LogP contribution in [0.5, 0.6) is 0 Å². The highest BCUT2D eigenvalue weighted by Crippen LogP contribution is 2.27. The molecule has 172 valence electrons. The molecular formula is C28H22ClN5O. The molecule has 0 saturated heterocycles. The Balaban J connectivity index is 1.59. The van der Waals surface area contributed by atoms with Crippen LogP contribution in [0.15, 0.2) is 96.4 Å². The molecule has 3 aromatic heterocycles. The number of hydrogen-bond donors (Lipinski definition) is 0. The van der Waals surface area contributed by atoms with Gasteiger partial charge in [0.2, 0.25) is 5.28 Å². The van der Waals surface area contributed by atoms with Gasteiger partial charge in [-0.2, -0.15) is 4.98 Å². The van der Waals surface area contributed by atoms with E-state index in [1.54, 1.807) is 24.5 Å². The van der Waals surface area contributed by atoms with Crippen molar-refractivity contribution in [2.24, 2.45) is 4.99 Å². The summed E-state index contributed by atoms with van der Waals surface area (Å²) in [4.78, 5) is 31.3. The van der Waals surface area contributed by atoms with E-state index in [1.165, 1.54) is 0 Å². The molecule has 0 amide bonds. The van der Waals surface area contributed by atoms with Crippen LogP contribution in [0.25, 0.3) is 11.0 Å². The summed E-state index contributed by atoms with van der Waals surface area (Å²) in [5, 5.41) is 0.801. The number of aromatic nitrogens is 4. The number of carbonyl (C=O) groups excluding carboxylic acids is 1. The standard InChI is InChI=1S/C28H22ClN5O/c1-18(2)34-17-23(22-16-31-28(29)33-27(22)34)26(35)21-13-14-30-24(15-21)32-25(19-9-5-3-6-10-19)20-11-7-4-8-12-20/h3-18H,1-2H3. The summed E-state index contributed by atoms with van der Waals surface area (Å²) in [5.41, 5.74) is 4.33. The van der Waals surface area contributed by atoms with E-state index in [-0.39, 0.29) is 17.1 Å². The normalized spacial score (nSPS) is 11.1. The van der Waals surface area contributed by atoms with Crippen molar-refractivity contribution in [1.29, 1.82) is 0 Å². The molecule has 7 heteroatoms. The van der Waals surface area contributed by atoms with Crippen molar-refractivity contribution in [2.75, 3.05) is 0 Å². The molecular weight excluding hydrogens is 458 g/mol. The third-order valence-electron chi connectivity index (χ3n) is 5.67. The van der Waals surface area contributed by atoms with Gasteiger partial charge in [-0.15, -0.1) is 0 Å². The molecule has 35 heavy (non-hydrogen) atoms. The molecule has 0 N–H and O–H groups in total. The van der Waals surface area contributed by atoms with Crippen molar-refractivity contribution >= 4 is 39.9 Å². The smallest absolute Gasteiger partial charge is 0.224 e. The Morgan fingerprint density at radius 1 is 0.914 bits per heavy atom. The van der Waals surface area contributed by atoms with Crippen molar-refractivity contribution in [3.63, 3.8) is 0 Å². The van der Waals surface area contributed by atoms with E-state index < -0.39 is 0 Å². The lowest BCUT2D eigenvalue weighted by atomic mass is 10.0. The highest BCUT2D eigenvalue weighted by molar-refractivity contribution is 6.28. The first-order valence-corrected chi connectivity index (χ1v) is 11.6. The molecule has 6 nitrogen and oxygen atoms in total. The number of carbonyl (C=O) groups is 1. The van der Waals surface area contributed by atoms with E-state index in [0.717, 1.165) is 16.8 Å². The number of halogens is 1. The van der Waals surface area contributed by atoms with Crippen LogP contribution in [0.2, 0.25) is 5.28 Å². The number of ketones is 1. The Kier molecular flexibility index (Phi) is 6.21. The van der Waals surface area contributed by atoms with Crippen molar-refractivity contribution in [3.05, 3.63) is 119 Å². The van der Waals surface area contributed by atoms with Crippen molar-refractivity contribution in [2.45, 2.75) is 19.9 Å². The predicted molar refractivity (Wildman–Crippen MR) is 139 cm³/mol. The van der Waals surface area contributed by atoms with Crippen molar-refractivity contribution in [1.82, 2.24) is 19.5 Å². The minimum atomic E-state index is -0.153. The molecule has 2 aromatic carbocycles. The summed E-state index contributed by atoms with van der Waals surface area (Å²) in [5.74, 6) is 0.297. The largest absolute Gasteiger partial charge is 0.329 e. The summed E-state index contributed by atoms with van der Waals surface area (Å²) in [6.07, 6.45) is 5.01. The van der Waals surface area contributed by atoms with Gasteiger partial charge < -0.3 is 4.57 Å². The molecule has 0 aliphatic rings. The number of pyridine rings is 1. The molecule has 0 aliphatic heterocycles. The maximum Gasteiger partial charge on any atom is 0.224 e. The first-order chi connectivity index (χ1) is 17.0. The van der Waals surface area contributed by atoms with Gasteiger partial charge in [-0.1, -0.05) is 60.7 Å². The van der Waals surface area contributed by atoms with E-state index in [2.05, 4.69) is 15.0 Å².